The summed E-state index contributed by atoms with van der Waals surface area (Å²) >= 11 is 0. The number of Topliss-reactive ketones (excluding diaryl/α,β-unsaturated/α-hetero) is 2. The van der Waals surface area contributed by atoms with E-state index in [1.165, 1.54) is 21.1 Å². The van der Waals surface area contributed by atoms with Gasteiger partial charge in [0.1, 0.15) is 12.6 Å². The minimum atomic E-state index is -1.23. The number of ketones is 2. The van der Waals surface area contributed by atoms with E-state index in [0.717, 1.165) is 0 Å². The molecule has 3 heterocycles. The molecule has 0 unspecified atom stereocenters. The van der Waals surface area contributed by atoms with Gasteiger partial charge in [0, 0.05) is 31.8 Å². The van der Waals surface area contributed by atoms with Gasteiger partial charge in [0.15, 0.2) is 5.72 Å². The van der Waals surface area contributed by atoms with Gasteiger partial charge in [-0.05, 0) is 6.92 Å². The first-order chi connectivity index (χ1) is 13.2. The van der Waals surface area contributed by atoms with Gasteiger partial charge in [-0.15, -0.1) is 0 Å². The summed E-state index contributed by atoms with van der Waals surface area (Å²) in [5.74, 6) is -1.70. The van der Waals surface area contributed by atoms with Gasteiger partial charge in [-0.3, -0.25) is 9.59 Å². The SMILES string of the molecule is CNC(=O)N1[C@H]2CN3C4=C(C(=O)C(N)=C(C)C4=O)[C@@H](COC(N)=O)[C@@]3(OC)[C@@H]21. The van der Waals surface area contributed by atoms with Crippen LogP contribution < -0.4 is 16.8 Å². The van der Waals surface area contributed by atoms with Crippen LogP contribution in [0.15, 0.2) is 22.5 Å². The van der Waals surface area contributed by atoms with E-state index in [1.54, 1.807) is 9.80 Å². The van der Waals surface area contributed by atoms with Gasteiger partial charge in [-0.25, -0.2) is 9.59 Å². The summed E-state index contributed by atoms with van der Waals surface area (Å²) in [4.78, 5) is 52.7. The van der Waals surface area contributed by atoms with E-state index in [9.17, 15) is 19.2 Å². The zero-order valence-electron chi connectivity index (χ0n) is 15.6. The number of carbonyl (C=O) groups is 4. The summed E-state index contributed by atoms with van der Waals surface area (Å²) < 4.78 is 10.9. The Morgan fingerprint density at radius 2 is 2.00 bits per heavy atom. The minimum absolute atomic E-state index is 0.137. The second kappa shape index (κ2) is 5.71. The fourth-order valence-electron chi connectivity index (χ4n) is 4.88. The highest BCUT2D eigenvalue weighted by molar-refractivity contribution is 6.25. The highest BCUT2D eigenvalue weighted by Crippen LogP contribution is 2.59. The molecule has 2 fully saturated rings. The van der Waals surface area contributed by atoms with Crippen LogP contribution >= 0.6 is 0 Å². The highest BCUT2D eigenvalue weighted by atomic mass is 16.6. The fourth-order valence-corrected chi connectivity index (χ4v) is 4.88. The Labute approximate surface area is 160 Å². The van der Waals surface area contributed by atoms with E-state index in [4.69, 9.17) is 20.9 Å². The lowest BCUT2D eigenvalue weighted by atomic mass is 9.82. The molecule has 11 nitrogen and oxygen atoms in total. The third kappa shape index (κ3) is 1.96. The molecule has 11 heteroatoms. The number of nitrogens with zero attached hydrogens (tertiary/aromatic N) is 2. The van der Waals surface area contributed by atoms with Crippen LogP contribution in [0.2, 0.25) is 0 Å². The molecule has 28 heavy (non-hydrogen) atoms. The number of fused-ring (bicyclic) bond motifs is 4. The lowest BCUT2D eigenvalue weighted by molar-refractivity contribution is -0.143. The van der Waals surface area contributed by atoms with Crippen molar-refractivity contribution in [1.29, 1.82) is 0 Å². The predicted octanol–water partition coefficient (Wildman–Crippen LogP) is -1.60. The summed E-state index contributed by atoms with van der Waals surface area (Å²) in [7, 11) is 2.95. The standard InChI is InChI=1S/C17H21N5O6/c1-6-10(18)13(24)9-7(5-28-15(19)25)17(27-3)14-8(22(14)16(26)20-2)4-21(17)11(9)12(6)23/h7-8,14H,4-5,18H2,1-3H3,(H2,19,25)(H,20,26)/t7-,8+,14-,17-,22?/m1/s1. The summed E-state index contributed by atoms with van der Waals surface area (Å²) in [6.45, 7) is 1.52. The van der Waals surface area contributed by atoms with Gasteiger partial charge in [0.25, 0.3) is 0 Å². The number of carbonyl (C=O) groups excluding carboxylic acids is 4. The second-order valence-corrected chi connectivity index (χ2v) is 7.18. The number of amides is 3. The predicted molar refractivity (Wildman–Crippen MR) is 93.3 cm³/mol. The van der Waals surface area contributed by atoms with Crippen molar-refractivity contribution in [2.45, 2.75) is 24.7 Å². The molecule has 3 aliphatic heterocycles. The number of piperazine rings is 1. The number of nitrogens with two attached hydrogens (primary N) is 2. The molecule has 3 amide bonds. The van der Waals surface area contributed by atoms with Crippen LogP contribution in [0.5, 0.6) is 0 Å². The Kier molecular flexibility index (Phi) is 3.73. The number of hydrogen-bond acceptors (Lipinski definition) is 8. The van der Waals surface area contributed by atoms with Crippen LogP contribution in [-0.4, -0.2) is 78.6 Å². The van der Waals surface area contributed by atoms with E-state index in [2.05, 4.69) is 5.32 Å². The number of allylic oxidation sites excluding steroid dienone is 2. The van der Waals surface area contributed by atoms with Gasteiger partial charge in [0.05, 0.1) is 23.4 Å². The molecule has 4 aliphatic rings. The molecule has 5 N–H and O–H groups in total. The van der Waals surface area contributed by atoms with Crippen molar-refractivity contribution in [2.75, 3.05) is 27.3 Å². The molecular weight excluding hydrogens is 370 g/mol. The van der Waals surface area contributed by atoms with Crippen molar-refractivity contribution >= 4 is 23.7 Å². The van der Waals surface area contributed by atoms with Crippen LogP contribution in [0.25, 0.3) is 0 Å². The van der Waals surface area contributed by atoms with Crippen molar-refractivity contribution in [3.63, 3.8) is 0 Å². The molecule has 0 spiro atoms. The summed E-state index contributed by atoms with van der Waals surface area (Å²) in [5, 5.41) is 2.57. The first kappa shape index (κ1) is 18.3. The van der Waals surface area contributed by atoms with Gasteiger partial charge < -0.3 is 36.1 Å². The Balaban J connectivity index is 1.82. The molecule has 0 aromatic rings. The summed E-state index contributed by atoms with van der Waals surface area (Å²) in [6.07, 6.45) is -1.02. The van der Waals surface area contributed by atoms with Crippen LogP contribution in [0.3, 0.4) is 0 Å². The molecule has 1 aliphatic carbocycles. The lowest BCUT2D eigenvalue weighted by Crippen LogP contribution is -2.56. The summed E-state index contributed by atoms with van der Waals surface area (Å²) in [6, 6.07) is -0.917. The normalized spacial score (nSPS) is 33.0. The number of rotatable bonds is 3. The van der Waals surface area contributed by atoms with E-state index < -0.39 is 29.6 Å². The first-order valence-electron chi connectivity index (χ1n) is 8.77. The molecular formula is C17H21N5O6. The maximum Gasteiger partial charge on any atom is 0.404 e. The number of urea groups is 1. The van der Waals surface area contributed by atoms with E-state index in [0.29, 0.717) is 6.54 Å². The zero-order valence-corrected chi connectivity index (χ0v) is 15.6. The van der Waals surface area contributed by atoms with E-state index in [1.807, 2.05) is 0 Å². The van der Waals surface area contributed by atoms with Gasteiger partial charge in [-0.1, -0.05) is 0 Å². The summed E-state index contributed by atoms with van der Waals surface area (Å²) in [5.41, 5.74) is 10.1. The van der Waals surface area contributed by atoms with Crippen molar-refractivity contribution in [3.8, 4) is 0 Å². The second-order valence-electron chi connectivity index (χ2n) is 7.18. The van der Waals surface area contributed by atoms with E-state index in [-0.39, 0.29) is 47.0 Å². The third-order valence-corrected chi connectivity index (χ3v) is 6.14. The van der Waals surface area contributed by atoms with E-state index >= 15 is 0 Å². The number of methoxy groups -OCH3 is 1. The lowest BCUT2D eigenvalue weighted by Gasteiger charge is -2.40. The van der Waals surface area contributed by atoms with Crippen LogP contribution in [0, 0.1) is 5.92 Å². The van der Waals surface area contributed by atoms with Crippen molar-refractivity contribution in [1.82, 2.24) is 15.1 Å². The van der Waals surface area contributed by atoms with Crippen LogP contribution in [-0.2, 0) is 19.1 Å². The molecule has 0 radical (unpaired) electrons. The molecule has 150 valence electrons. The Bertz CT molecular complexity index is 894. The maximum absolute atomic E-state index is 13.0. The van der Waals surface area contributed by atoms with Gasteiger partial charge in [-0.2, -0.15) is 0 Å². The molecule has 0 aromatic carbocycles. The highest BCUT2D eigenvalue weighted by Gasteiger charge is 2.77. The zero-order chi connectivity index (χ0) is 20.5. The van der Waals surface area contributed by atoms with Gasteiger partial charge >= 0.3 is 12.1 Å². The number of primary amides is 1. The van der Waals surface area contributed by atoms with Crippen molar-refractivity contribution < 1.29 is 28.7 Å². The maximum atomic E-state index is 13.0. The fraction of sp³-hybridized carbons (Fsp3) is 0.529. The Morgan fingerprint density at radius 3 is 2.57 bits per heavy atom. The van der Waals surface area contributed by atoms with Crippen LogP contribution in [0.1, 0.15) is 6.92 Å². The minimum Gasteiger partial charge on any atom is -0.449 e. The Morgan fingerprint density at radius 1 is 1.32 bits per heavy atom. The largest absolute Gasteiger partial charge is 0.449 e. The molecule has 0 saturated carbocycles. The molecule has 0 bridgehead atoms. The molecule has 0 aromatic heterocycles. The topological polar surface area (TPSA) is 157 Å². The first-order valence-corrected chi connectivity index (χ1v) is 8.77. The smallest absolute Gasteiger partial charge is 0.404 e. The molecule has 4 rings (SSSR count). The van der Waals surface area contributed by atoms with Crippen LogP contribution in [0.4, 0.5) is 9.59 Å². The Hall–Kier alpha value is -3.08. The quantitative estimate of drug-likeness (QED) is 0.383. The average molecular weight is 391 g/mol. The van der Waals surface area contributed by atoms with Gasteiger partial charge in [0.2, 0.25) is 11.6 Å². The molecule has 4 atom stereocenters. The number of hydrogen-bond donors (Lipinski definition) is 3. The molecule has 2 saturated heterocycles. The number of nitrogens with one attached hydrogen (secondary N) is 1. The average Bonchev–Trinajstić information content (AvgIpc) is 3.17. The third-order valence-electron chi connectivity index (χ3n) is 6.14. The number of ether oxygens (including phenoxy) is 2. The monoisotopic (exact) mass is 391 g/mol. The van der Waals surface area contributed by atoms with Crippen molar-refractivity contribution in [3.05, 3.63) is 22.5 Å². The van der Waals surface area contributed by atoms with Crippen molar-refractivity contribution in [2.24, 2.45) is 17.4 Å².